The van der Waals surface area contributed by atoms with E-state index in [4.69, 9.17) is 9.47 Å². The van der Waals surface area contributed by atoms with Gasteiger partial charge in [0, 0.05) is 19.2 Å². The second-order valence-electron chi connectivity index (χ2n) is 8.29. The molecule has 4 atom stereocenters. The van der Waals surface area contributed by atoms with Crippen LogP contribution in [0.3, 0.4) is 0 Å². The molecular formula is C19H30N2O3S. The molecule has 0 saturated carbocycles. The van der Waals surface area contributed by atoms with Crippen LogP contribution in [0.15, 0.2) is 16.8 Å². The largest absolute Gasteiger partial charge is 0.378 e. The Bertz CT molecular complexity index is 570. The van der Waals surface area contributed by atoms with Crippen LogP contribution in [0.5, 0.6) is 0 Å². The summed E-state index contributed by atoms with van der Waals surface area (Å²) >= 11 is 1.66. The molecule has 5 nitrogen and oxygen atoms in total. The summed E-state index contributed by atoms with van der Waals surface area (Å²) in [5.74, 6) is 0. The predicted molar refractivity (Wildman–Crippen MR) is 99.9 cm³/mol. The first-order valence-electron chi connectivity index (χ1n) is 9.17. The van der Waals surface area contributed by atoms with Crippen LogP contribution in [0.25, 0.3) is 0 Å². The van der Waals surface area contributed by atoms with Crippen molar-refractivity contribution in [3.8, 4) is 0 Å². The number of nitrogens with zero attached hydrogens (tertiary/aromatic N) is 1. The van der Waals surface area contributed by atoms with Gasteiger partial charge in [-0.15, -0.1) is 0 Å². The fourth-order valence-corrected chi connectivity index (χ4v) is 4.26. The van der Waals surface area contributed by atoms with E-state index in [1.807, 2.05) is 11.8 Å². The molecule has 0 aliphatic carbocycles. The average molecular weight is 367 g/mol. The van der Waals surface area contributed by atoms with Gasteiger partial charge < -0.3 is 19.7 Å². The standard InChI is InChI=1S/C19H30N2O3S/c1-13-10-21(11-16(24-13)14-6-8-25-12-14)18(22)20-15-5-7-23-17(9-15)19(2,3)4/h6,8,12-13,15-17H,5,7,9-11H2,1-4H3,(H,20,22). The third kappa shape index (κ3) is 4.74. The second kappa shape index (κ2) is 7.64. The van der Waals surface area contributed by atoms with E-state index < -0.39 is 0 Å². The topological polar surface area (TPSA) is 50.8 Å². The molecule has 1 aromatic rings. The molecule has 2 aliphatic rings. The van der Waals surface area contributed by atoms with Crippen LogP contribution in [-0.2, 0) is 9.47 Å². The highest BCUT2D eigenvalue weighted by Crippen LogP contribution is 2.30. The van der Waals surface area contributed by atoms with E-state index in [2.05, 4.69) is 42.9 Å². The first-order valence-corrected chi connectivity index (χ1v) is 10.1. The fraction of sp³-hybridized carbons (Fsp3) is 0.737. The van der Waals surface area contributed by atoms with Crippen molar-refractivity contribution >= 4 is 17.4 Å². The molecule has 1 aromatic heterocycles. The summed E-state index contributed by atoms with van der Waals surface area (Å²) in [6, 6.07) is 2.29. The van der Waals surface area contributed by atoms with Gasteiger partial charge in [-0.25, -0.2) is 4.79 Å². The maximum atomic E-state index is 12.8. The Kier molecular flexibility index (Phi) is 5.71. The summed E-state index contributed by atoms with van der Waals surface area (Å²) in [5, 5.41) is 7.39. The minimum absolute atomic E-state index is 0.0231. The van der Waals surface area contributed by atoms with E-state index in [1.54, 1.807) is 11.3 Å². The number of nitrogens with one attached hydrogen (secondary N) is 1. The van der Waals surface area contributed by atoms with E-state index in [0.29, 0.717) is 19.7 Å². The van der Waals surface area contributed by atoms with Gasteiger partial charge in [-0.05, 0) is 47.6 Å². The molecule has 25 heavy (non-hydrogen) atoms. The number of morpholine rings is 1. The van der Waals surface area contributed by atoms with Crippen LogP contribution >= 0.6 is 11.3 Å². The highest BCUT2D eigenvalue weighted by Gasteiger charge is 2.34. The normalized spacial score (nSPS) is 31.0. The SMILES string of the molecule is CC1CN(C(=O)NC2CCOC(C(C)(C)C)C2)CC(c2ccsc2)O1. The summed E-state index contributed by atoms with van der Waals surface area (Å²) in [5.41, 5.74) is 1.26. The summed E-state index contributed by atoms with van der Waals surface area (Å²) < 4.78 is 11.9. The summed E-state index contributed by atoms with van der Waals surface area (Å²) in [7, 11) is 0. The van der Waals surface area contributed by atoms with Crippen LogP contribution in [0, 0.1) is 5.41 Å². The van der Waals surface area contributed by atoms with Crippen molar-refractivity contribution in [2.75, 3.05) is 19.7 Å². The van der Waals surface area contributed by atoms with Crippen molar-refractivity contribution in [1.29, 1.82) is 0 Å². The van der Waals surface area contributed by atoms with Gasteiger partial charge in [0.25, 0.3) is 0 Å². The van der Waals surface area contributed by atoms with Gasteiger partial charge in [0.2, 0.25) is 0 Å². The Balaban J connectivity index is 1.58. The molecule has 2 amide bonds. The summed E-state index contributed by atoms with van der Waals surface area (Å²) in [6.45, 7) is 10.6. The first-order chi connectivity index (χ1) is 11.8. The van der Waals surface area contributed by atoms with E-state index in [0.717, 1.165) is 18.4 Å². The second-order valence-corrected chi connectivity index (χ2v) is 9.07. The lowest BCUT2D eigenvalue weighted by Crippen LogP contribution is -2.54. The number of thiophene rings is 1. The molecule has 0 bridgehead atoms. The molecule has 6 heteroatoms. The number of carbonyl (C=O) groups is 1. The Morgan fingerprint density at radius 2 is 2.16 bits per heavy atom. The zero-order chi connectivity index (χ0) is 18.0. The lowest BCUT2D eigenvalue weighted by atomic mass is 9.83. The van der Waals surface area contributed by atoms with Gasteiger partial charge in [-0.2, -0.15) is 11.3 Å². The molecule has 0 radical (unpaired) electrons. The minimum Gasteiger partial charge on any atom is -0.378 e. The number of urea groups is 1. The molecule has 0 aromatic carbocycles. The monoisotopic (exact) mass is 366 g/mol. The fourth-order valence-electron chi connectivity index (χ4n) is 3.56. The molecule has 2 aliphatic heterocycles. The van der Waals surface area contributed by atoms with E-state index in [9.17, 15) is 4.79 Å². The number of amides is 2. The summed E-state index contributed by atoms with van der Waals surface area (Å²) in [6.07, 6.45) is 1.96. The molecule has 3 rings (SSSR count). The molecular weight excluding hydrogens is 336 g/mol. The maximum Gasteiger partial charge on any atom is 0.317 e. The first kappa shape index (κ1) is 18.7. The Labute approximate surface area is 154 Å². The van der Waals surface area contributed by atoms with E-state index in [-0.39, 0.29) is 35.8 Å². The van der Waals surface area contributed by atoms with E-state index in [1.165, 1.54) is 0 Å². The number of hydrogen-bond donors (Lipinski definition) is 1. The molecule has 4 unspecified atom stereocenters. The van der Waals surface area contributed by atoms with Gasteiger partial charge >= 0.3 is 6.03 Å². The third-order valence-corrected chi connectivity index (χ3v) is 5.74. The van der Waals surface area contributed by atoms with Crippen LogP contribution < -0.4 is 5.32 Å². The molecule has 2 fully saturated rings. The van der Waals surface area contributed by atoms with Crippen molar-refractivity contribution in [2.24, 2.45) is 5.41 Å². The molecule has 3 heterocycles. The number of rotatable bonds is 2. The summed E-state index contributed by atoms with van der Waals surface area (Å²) in [4.78, 5) is 14.7. The lowest BCUT2D eigenvalue weighted by Gasteiger charge is -2.40. The predicted octanol–water partition coefficient (Wildman–Crippen LogP) is 3.81. The van der Waals surface area contributed by atoms with Crippen LogP contribution in [-0.4, -0.2) is 48.9 Å². The zero-order valence-corrected chi connectivity index (χ0v) is 16.5. The quantitative estimate of drug-likeness (QED) is 0.866. The van der Waals surface area contributed by atoms with E-state index >= 15 is 0 Å². The van der Waals surface area contributed by atoms with Crippen molar-refractivity contribution in [3.05, 3.63) is 22.4 Å². The molecule has 0 spiro atoms. The molecule has 140 valence electrons. The average Bonchev–Trinajstić information content (AvgIpc) is 3.08. The number of carbonyl (C=O) groups excluding carboxylic acids is 1. The molecule has 2 saturated heterocycles. The lowest BCUT2D eigenvalue weighted by molar-refractivity contribution is -0.0695. The Morgan fingerprint density at radius 3 is 2.84 bits per heavy atom. The van der Waals surface area contributed by atoms with Crippen molar-refractivity contribution < 1.29 is 14.3 Å². The van der Waals surface area contributed by atoms with Gasteiger partial charge in [-0.1, -0.05) is 20.8 Å². The van der Waals surface area contributed by atoms with Crippen molar-refractivity contribution in [3.63, 3.8) is 0 Å². The van der Waals surface area contributed by atoms with Crippen molar-refractivity contribution in [1.82, 2.24) is 10.2 Å². The van der Waals surface area contributed by atoms with Crippen LogP contribution in [0.4, 0.5) is 4.79 Å². The Hall–Kier alpha value is -1.11. The highest BCUT2D eigenvalue weighted by molar-refractivity contribution is 7.07. The van der Waals surface area contributed by atoms with Gasteiger partial charge in [-0.3, -0.25) is 0 Å². The van der Waals surface area contributed by atoms with Crippen LogP contribution in [0.1, 0.15) is 52.2 Å². The minimum atomic E-state index is -0.0298. The highest BCUT2D eigenvalue weighted by atomic mass is 32.1. The van der Waals surface area contributed by atoms with Gasteiger partial charge in [0.15, 0.2) is 0 Å². The molecule has 1 N–H and O–H groups in total. The maximum absolute atomic E-state index is 12.8. The van der Waals surface area contributed by atoms with Gasteiger partial charge in [0.1, 0.15) is 6.10 Å². The smallest absolute Gasteiger partial charge is 0.317 e. The van der Waals surface area contributed by atoms with Gasteiger partial charge in [0.05, 0.1) is 18.8 Å². The number of hydrogen-bond acceptors (Lipinski definition) is 4. The van der Waals surface area contributed by atoms with Crippen molar-refractivity contribution in [2.45, 2.75) is 64.9 Å². The Morgan fingerprint density at radius 1 is 1.36 bits per heavy atom. The third-order valence-electron chi connectivity index (χ3n) is 5.04. The number of ether oxygens (including phenoxy) is 2. The van der Waals surface area contributed by atoms with Crippen LogP contribution in [0.2, 0.25) is 0 Å². The zero-order valence-electron chi connectivity index (χ0n) is 15.7.